The molecule has 3 aromatic rings. The molecule has 4 nitrogen and oxygen atoms in total. The van der Waals surface area contributed by atoms with E-state index in [0.717, 1.165) is 39.5 Å². The van der Waals surface area contributed by atoms with E-state index in [1.165, 1.54) is 4.88 Å². The van der Waals surface area contributed by atoms with Crippen LogP contribution in [0.15, 0.2) is 42.5 Å². The maximum Gasteiger partial charge on any atom is 0.258 e. The number of carbonyl (C=O) groups is 1. The lowest BCUT2D eigenvalue weighted by atomic mass is 10.0. The smallest absolute Gasteiger partial charge is 0.258 e. The van der Waals surface area contributed by atoms with Crippen LogP contribution in [0, 0.1) is 13.8 Å². The molecule has 0 bridgehead atoms. The van der Waals surface area contributed by atoms with Gasteiger partial charge < -0.3 is 10.6 Å². The molecular formula is C21H21N3OS. The number of hydrogen-bond donors (Lipinski definition) is 1. The van der Waals surface area contributed by atoms with Crippen LogP contribution < -0.4 is 10.6 Å². The maximum atomic E-state index is 13.3. The largest absolute Gasteiger partial charge is 0.326 e. The molecule has 0 atom stereocenters. The zero-order valence-electron chi connectivity index (χ0n) is 15.0. The van der Waals surface area contributed by atoms with E-state index in [9.17, 15) is 4.79 Å². The highest BCUT2D eigenvalue weighted by molar-refractivity contribution is 7.12. The van der Waals surface area contributed by atoms with Crippen molar-refractivity contribution < 1.29 is 4.79 Å². The summed E-state index contributed by atoms with van der Waals surface area (Å²) in [5, 5.41) is 1.07. The fourth-order valence-electron chi connectivity index (χ4n) is 3.52. The van der Waals surface area contributed by atoms with Gasteiger partial charge in [-0.1, -0.05) is 24.3 Å². The van der Waals surface area contributed by atoms with E-state index in [1.54, 1.807) is 11.3 Å². The number of amides is 1. The van der Waals surface area contributed by atoms with Crippen LogP contribution in [0.4, 0.5) is 5.69 Å². The molecule has 1 aliphatic heterocycles. The Morgan fingerprint density at radius 1 is 1.23 bits per heavy atom. The van der Waals surface area contributed by atoms with Gasteiger partial charge in [0.05, 0.1) is 16.4 Å². The monoisotopic (exact) mass is 363 g/mol. The summed E-state index contributed by atoms with van der Waals surface area (Å²) in [4.78, 5) is 21.1. The average molecular weight is 363 g/mol. The lowest BCUT2D eigenvalue weighted by Gasteiger charge is -2.23. The number of hydrogen-bond acceptors (Lipinski definition) is 4. The number of carbonyl (C=O) groups excluding carboxylic acids is 1. The molecule has 1 aliphatic rings. The zero-order chi connectivity index (χ0) is 18.3. The van der Waals surface area contributed by atoms with Crippen molar-refractivity contribution in [3.8, 4) is 11.3 Å². The first-order valence-electron chi connectivity index (χ1n) is 8.75. The fourth-order valence-corrected chi connectivity index (χ4v) is 4.46. The van der Waals surface area contributed by atoms with Crippen LogP contribution >= 0.6 is 11.3 Å². The highest BCUT2D eigenvalue weighted by Gasteiger charge is 2.27. The first-order valence-corrected chi connectivity index (χ1v) is 9.57. The van der Waals surface area contributed by atoms with Gasteiger partial charge in [-0.05, 0) is 43.2 Å². The summed E-state index contributed by atoms with van der Waals surface area (Å²) in [6.07, 6.45) is 0.821. The second-order valence-electron chi connectivity index (χ2n) is 6.57. The van der Waals surface area contributed by atoms with E-state index in [0.29, 0.717) is 18.7 Å². The molecule has 0 spiro atoms. The predicted molar refractivity (Wildman–Crippen MR) is 107 cm³/mol. The first kappa shape index (κ1) is 16.9. The van der Waals surface area contributed by atoms with Gasteiger partial charge in [-0.15, -0.1) is 11.3 Å². The number of anilines is 1. The fraction of sp³-hybridized carbons (Fsp3) is 0.238. The van der Waals surface area contributed by atoms with Crippen LogP contribution in [0.1, 0.15) is 31.4 Å². The highest BCUT2D eigenvalue weighted by Crippen LogP contribution is 2.38. The number of nitrogens with zero attached hydrogens (tertiary/aromatic N) is 2. The van der Waals surface area contributed by atoms with E-state index in [-0.39, 0.29) is 5.91 Å². The normalized spacial score (nSPS) is 13.1. The summed E-state index contributed by atoms with van der Waals surface area (Å²) >= 11 is 1.72. The van der Waals surface area contributed by atoms with E-state index < -0.39 is 0 Å². The maximum absolute atomic E-state index is 13.3. The lowest BCUT2D eigenvalue weighted by molar-refractivity contribution is 0.0987. The lowest BCUT2D eigenvalue weighted by Crippen LogP contribution is -2.32. The van der Waals surface area contributed by atoms with Gasteiger partial charge in [-0.3, -0.25) is 4.79 Å². The van der Waals surface area contributed by atoms with Gasteiger partial charge >= 0.3 is 0 Å². The van der Waals surface area contributed by atoms with E-state index in [4.69, 9.17) is 10.7 Å². The molecule has 1 aromatic heterocycles. The minimum atomic E-state index is 0.0241. The average Bonchev–Trinajstić information content (AvgIpc) is 2.95. The molecule has 26 heavy (non-hydrogen) atoms. The van der Waals surface area contributed by atoms with Gasteiger partial charge in [-0.2, -0.15) is 0 Å². The molecule has 2 aromatic carbocycles. The standard InChI is InChI=1S/C21H21N3OS/c1-13-11-15(7-8-16(13)12-22)21(25)24-10-9-19-20(23-14(2)26-19)17-5-3-4-6-18(17)24/h3-8,11H,9-10,12,22H2,1-2H3. The molecule has 5 heteroatoms. The molecule has 4 rings (SSSR count). The Labute approximate surface area is 157 Å². The van der Waals surface area contributed by atoms with E-state index in [1.807, 2.05) is 55.1 Å². The topological polar surface area (TPSA) is 59.2 Å². The van der Waals surface area contributed by atoms with Crippen LogP contribution in [0.25, 0.3) is 11.3 Å². The number of aromatic nitrogens is 1. The minimum Gasteiger partial charge on any atom is -0.326 e. The second kappa shape index (κ2) is 6.67. The SMILES string of the molecule is Cc1nc2c(s1)CCN(C(=O)c1ccc(CN)c(C)c1)c1ccccc1-2. The third kappa shape index (κ3) is 2.83. The quantitative estimate of drug-likeness (QED) is 0.746. The molecule has 0 aliphatic carbocycles. The van der Waals surface area contributed by atoms with Crippen molar-refractivity contribution in [3.63, 3.8) is 0 Å². The molecule has 0 radical (unpaired) electrons. The van der Waals surface area contributed by atoms with E-state index in [2.05, 4.69) is 6.07 Å². The van der Waals surface area contributed by atoms with Gasteiger partial charge in [0.25, 0.3) is 5.91 Å². The summed E-state index contributed by atoms with van der Waals surface area (Å²) < 4.78 is 0. The summed E-state index contributed by atoms with van der Waals surface area (Å²) in [7, 11) is 0. The Balaban J connectivity index is 1.78. The summed E-state index contributed by atoms with van der Waals surface area (Å²) in [5.41, 5.74) is 11.6. The van der Waals surface area contributed by atoms with E-state index >= 15 is 0 Å². The molecule has 0 saturated heterocycles. The van der Waals surface area contributed by atoms with Gasteiger partial charge in [0.1, 0.15) is 0 Å². The highest BCUT2D eigenvalue weighted by atomic mass is 32.1. The van der Waals surface area contributed by atoms with Crippen molar-refractivity contribution in [1.82, 2.24) is 4.98 Å². The molecular weight excluding hydrogens is 342 g/mol. The third-order valence-corrected chi connectivity index (χ3v) is 5.90. The van der Waals surface area contributed by atoms with Crippen molar-refractivity contribution in [2.45, 2.75) is 26.8 Å². The Morgan fingerprint density at radius 3 is 2.81 bits per heavy atom. The second-order valence-corrected chi connectivity index (χ2v) is 7.86. The van der Waals surface area contributed by atoms with Crippen LogP contribution in [0.2, 0.25) is 0 Å². The molecule has 0 saturated carbocycles. The minimum absolute atomic E-state index is 0.0241. The van der Waals surface area contributed by atoms with Crippen LogP contribution in [0.5, 0.6) is 0 Å². The van der Waals surface area contributed by atoms with Gasteiger partial charge in [0, 0.05) is 35.5 Å². The van der Waals surface area contributed by atoms with Crippen molar-refractivity contribution >= 4 is 22.9 Å². The Morgan fingerprint density at radius 2 is 2.04 bits per heavy atom. The molecule has 2 N–H and O–H groups in total. The van der Waals surface area contributed by atoms with Crippen LogP contribution in [-0.4, -0.2) is 17.4 Å². The Kier molecular flexibility index (Phi) is 4.34. The number of nitrogens with two attached hydrogens (primary N) is 1. The summed E-state index contributed by atoms with van der Waals surface area (Å²) in [6, 6.07) is 13.8. The Hall–Kier alpha value is -2.50. The van der Waals surface area contributed by atoms with Gasteiger partial charge in [-0.25, -0.2) is 4.98 Å². The third-order valence-electron chi connectivity index (χ3n) is 4.87. The van der Waals surface area contributed by atoms with Crippen LogP contribution in [0.3, 0.4) is 0 Å². The van der Waals surface area contributed by atoms with Crippen LogP contribution in [-0.2, 0) is 13.0 Å². The molecule has 1 amide bonds. The Bertz CT molecular complexity index is 993. The number of benzene rings is 2. The predicted octanol–water partition coefficient (Wildman–Crippen LogP) is 4.09. The number of para-hydroxylation sites is 1. The van der Waals surface area contributed by atoms with Gasteiger partial charge in [0.2, 0.25) is 0 Å². The van der Waals surface area contributed by atoms with Crippen molar-refractivity contribution in [1.29, 1.82) is 0 Å². The first-order chi connectivity index (χ1) is 12.6. The van der Waals surface area contributed by atoms with Crippen molar-refractivity contribution in [3.05, 3.63) is 69.0 Å². The zero-order valence-corrected chi connectivity index (χ0v) is 15.8. The van der Waals surface area contributed by atoms with Gasteiger partial charge in [0.15, 0.2) is 0 Å². The van der Waals surface area contributed by atoms with Crippen molar-refractivity contribution in [2.75, 3.05) is 11.4 Å². The molecule has 132 valence electrons. The number of rotatable bonds is 2. The molecule has 0 fully saturated rings. The molecule has 0 unspecified atom stereocenters. The number of fused-ring (bicyclic) bond motifs is 3. The summed E-state index contributed by atoms with van der Waals surface area (Å²) in [5.74, 6) is 0.0241. The van der Waals surface area contributed by atoms with Crippen molar-refractivity contribution in [2.24, 2.45) is 5.73 Å². The number of aryl methyl sites for hydroxylation is 2. The number of thiazole rings is 1. The molecule has 2 heterocycles. The summed E-state index contributed by atoms with van der Waals surface area (Å²) in [6.45, 7) is 5.17.